The molecule has 0 radical (unpaired) electrons. The van der Waals surface area contributed by atoms with Crippen molar-refractivity contribution in [3.63, 3.8) is 0 Å². The number of hydrogen-bond acceptors (Lipinski definition) is 3. The predicted molar refractivity (Wildman–Crippen MR) is 135 cm³/mol. The minimum atomic E-state index is 0.169. The Morgan fingerprint density at radius 1 is 1.09 bits per heavy atom. The Bertz CT molecular complexity index is 1490. The summed E-state index contributed by atoms with van der Waals surface area (Å²) in [7, 11) is 0. The largest absolute Gasteiger partial charge is 0.494 e. The highest BCUT2D eigenvalue weighted by Gasteiger charge is 2.29. The molecule has 0 aliphatic heterocycles. The molecule has 0 fully saturated rings. The van der Waals surface area contributed by atoms with Crippen LogP contribution in [0.15, 0.2) is 48.7 Å². The Kier molecular flexibility index (Phi) is 4.70. The number of H-pyrrole nitrogens is 1. The van der Waals surface area contributed by atoms with Gasteiger partial charge in [0.15, 0.2) is 5.88 Å². The van der Waals surface area contributed by atoms with Gasteiger partial charge in [0.25, 0.3) is 0 Å². The summed E-state index contributed by atoms with van der Waals surface area (Å²) in [6.07, 6.45) is 3.53. The van der Waals surface area contributed by atoms with E-state index >= 15 is 0 Å². The van der Waals surface area contributed by atoms with Gasteiger partial charge in [-0.25, -0.2) is 0 Å². The van der Waals surface area contributed by atoms with Crippen LogP contribution in [0.4, 0.5) is 0 Å². The molecule has 2 heterocycles. The van der Waals surface area contributed by atoms with E-state index in [2.05, 4.69) is 58.9 Å². The van der Waals surface area contributed by atoms with Gasteiger partial charge in [-0.3, -0.25) is 0 Å². The van der Waals surface area contributed by atoms with Gasteiger partial charge in [-0.15, -0.1) is 0 Å². The summed E-state index contributed by atoms with van der Waals surface area (Å²) in [6, 6.07) is 15.3. The average molecular weight is 443 g/mol. The zero-order valence-electron chi connectivity index (χ0n) is 18.1. The van der Waals surface area contributed by atoms with Crippen LogP contribution < -0.4 is 0 Å². The molecule has 0 amide bonds. The SMILES string of the molecule is CCSCc1ccc2c(c1)c1c3c[nH]c(O)c3c3c(c1n2CCCO)Cc1ccccc1-3. The van der Waals surface area contributed by atoms with Crippen molar-refractivity contribution in [2.75, 3.05) is 12.4 Å². The zero-order chi connectivity index (χ0) is 21.8. The number of thioether (sulfide) groups is 1. The fraction of sp³-hybridized carbons (Fsp3) is 0.259. The van der Waals surface area contributed by atoms with E-state index in [1.54, 1.807) is 0 Å². The number of aromatic amines is 1. The highest BCUT2D eigenvalue weighted by Crippen LogP contribution is 2.50. The maximum absolute atomic E-state index is 10.9. The van der Waals surface area contributed by atoms with Gasteiger partial charge in [0.1, 0.15) is 0 Å². The standard InChI is InChI=1S/C27H26N2O2S/c1-2-32-15-16-8-9-22-19(12-16)24-21-14-28-27(31)25(21)23-18-7-4-3-6-17(18)13-20(23)26(24)29(22)10-5-11-30/h3-4,6-9,12,14,28,30-31H,2,5,10-11,13,15H2,1H3. The molecule has 5 aromatic rings. The minimum absolute atomic E-state index is 0.169. The molecule has 1 aliphatic carbocycles. The summed E-state index contributed by atoms with van der Waals surface area (Å²) in [5, 5.41) is 24.9. The van der Waals surface area contributed by atoms with Gasteiger partial charge in [-0.1, -0.05) is 37.3 Å². The molecule has 3 N–H and O–H groups in total. The number of aromatic nitrogens is 2. The van der Waals surface area contributed by atoms with Gasteiger partial charge in [-0.2, -0.15) is 11.8 Å². The molecular weight excluding hydrogens is 416 g/mol. The monoisotopic (exact) mass is 442 g/mol. The highest BCUT2D eigenvalue weighted by atomic mass is 32.2. The van der Waals surface area contributed by atoms with Crippen molar-refractivity contribution in [1.82, 2.24) is 9.55 Å². The van der Waals surface area contributed by atoms with Gasteiger partial charge in [0, 0.05) is 58.8 Å². The third-order valence-electron chi connectivity index (χ3n) is 6.76. The Hall–Kier alpha value is -2.89. The lowest BCUT2D eigenvalue weighted by Crippen LogP contribution is -2.02. The summed E-state index contributed by atoms with van der Waals surface area (Å²) in [4.78, 5) is 3.10. The van der Waals surface area contributed by atoms with Gasteiger partial charge in [0.2, 0.25) is 0 Å². The molecule has 1 aliphatic rings. The van der Waals surface area contributed by atoms with Crippen LogP contribution in [0.2, 0.25) is 0 Å². The van der Waals surface area contributed by atoms with E-state index in [1.807, 2.05) is 18.0 Å². The van der Waals surface area contributed by atoms with E-state index in [1.165, 1.54) is 44.1 Å². The lowest BCUT2D eigenvalue weighted by atomic mass is 9.96. The fourth-order valence-electron chi connectivity index (χ4n) is 5.47. The van der Waals surface area contributed by atoms with Crippen molar-refractivity contribution < 1.29 is 10.2 Å². The molecule has 0 unspecified atom stereocenters. The van der Waals surface area contributed by atoms with E-state index in [0.29, 0.717) is 6.42 Å². The first-order valence-corrected chi connectivity index (χ1v) is 12.4. The summed E-state index contributed by atoms with van der Waals surface area (Å²) in [5.41, 5.74) is 8.71. The second kappa shape index (κ2) is 7.61. The molecule has 3 aromatic carbocycles. The lowest BCUT2D eigenvalue weighted by Gasteiger charge is -2.12. The van der Waals surface area contributed by atoms with Crippen LogP contribution in [0.25, 0.3) is 43.7 Å². The van der Waals surface area contributed by atoms with Crippen LogP contribution >= 0.6 is 11.8 Å². The number of aromatic hydroxyl groups is 1. The predicted octanol–water partition coefficient (Wildman–Crippen LogP) is 6.19. The molecule has 6 rings (SSSR count). The molecule has 5 heteroatoms. The molecule has 0 spiro atoms. The first-order valence-electron chi connectivity index (χ1n) is 11.3. The summed E-state index contributed by atoms with van der Waals surface area (Å²) in [5.74, 6) is 2.33. The van der Waals surface area contributed by atoms with Crippen LogP contribution in [0, 0.1) is 0 Å². The zero-order valence-corrected chi connectivity index (χ0v) is 18.9. The molecule has 0 saturated heterocycles. The molecular formula is C27H26N2O2S. The number of rotatable bonds is 6. The molecule has 0 atom stereocenters. The molecule has 4 nitrogen and oxygen atoms in total. The van der Waals surface area contributed by atoms with Crippen molar-refractivity contribution in [3.05, 3.63) is 65.4 Å². The normalized spacial score (nSPS) is 12.8. The van der Waals surface area contributed by atoms with Crippen molar-refractivity contribution >= 4 is 44.3 Å². The quantitative estimate of drug-likeness (QED) is 0.288. The Morgan fingerprint density at radius 2 is 1.97 bits per heavy atom. The maximum Gasteiger partial charge on any atom is 0.197 e. The second-order valence-corrected chi connectivity index (χ2v) is 9.83. The highest BCUT2D eigenvalue weighted by molar-refractivity contribution is 7.98. The number of nitrogens with one attached hydrogen (secondary N) is 1. The average Bonchev–Trinajstić information content (AvgIpc) is 3.47. The molecule has 162 valence electrons. The van der Waals surface area contributed by atoms with E-state index in [0.717, 1.165) is 40.8 Å². The number of aliphatic hydroxyl groups is 1. The van der Waals surface area contributed by atoms with Gasteiger partial charge in [0.05, 0.1) is 10.9 Å². The fourth-order valence-corrected chi connectivity index (χ4v) is 6.09. The van der Waals surface area contributed by atoms with E-state index in [4.69, 9.17) is 0 Å². The molecule has 2 aromatic heterocycles. The third-order valence-corrected chi connectivity index (χ3v) is 7.71. The summed E-state index contributed by atoms with van der Waals surface area (Å²) < 4.78 is 2.39. The molecule has 0 bridgehead atoms. The summed E-state index contributed by atoms with van der Waals surface area (Å²) >= 11 is 1.93. The number of aryl methyl sites for hydroxylation is 1. The summed E-state index contributed by atoms with van der Waals surface area (Å²) in [6.45, 7) is 3.13. The van der Waals surface area contributed by atoms with Crippen molar-refractivity contribution in [1.29, 1.82) is 0 Å². The van der Waals surface area contributed by atoms with Gasteiger partial charge < -0.3 is 19.8 Å². The molecule has 32 heavy (non-hydrogen) atoms. The van der Waals surface area contributed by atoms with Crippen molar-refractivity contribution in [3.8, 4) is 17.0 Å². The Morgan fingerprint density at radius 3 is 2.81 bits per heavy atom. The minimum Gasteiger partial charge on any atom is -0.494 e. The van der Waals surface area contributed by atoms with Crippen molar-refractivity contribution in [2.45, 2.75) is 32.1 Å². The number of fused-ring (bicyclic) bond motifs is 10. The molecule has 0 saturated carbocycles. The third kappa shape index (κ3) is 2.74. The van der Waals surface area contributed by atoms with Gasteiger partial charge in [-0.05, 0) is 46.6 Å². The topological polar surface area (TPSA) is 61.2 Å². The van der Waals surface area contributed by atoms with Crippen LogP contribution in [0.5, 0.6) is 5.88 Å². The smallest absolute Gasteiger partial charge is 0.197 e. The van der Waals surface area contributed by atoms with E-state index in [-0.39, 0.29) is 12.5 Å². The van der Waals surface area contributed by atoms with Crippen LogP contribution in [-0.2, 0) is 18.7 Å². The Labute approximate surface area is 190 Å². The van der Waals surface area contributed by atoms with Crippen molar-refractivity contribution in [2.24, 2.45) is 0 Å². The first kappa shape index (κ1) is 19.8. The maximum atomic E-state index is 10.9. The second-order valence-electron chi connectivity index (χ2n) is 8.55. The Balaban J connectivity index is 1.77. The number of nitrogens with zero attached hydrogens (tertiary/aromatic N) is 1. The van der Waals surface area contributed by atoms with Crippen LogP contribution in [0.3, 0.4) is 0 Å². The van der Waals surface area contributed by atoms with Crippen LogP contribution in [0.1, 0.15) is 30.0 Å². The number of aliphatic hydroxyl groups excluding tert-OH is 1. The van der Waals surface area contributed by atoms with Crippen LogP contribution in [-0.4, -0.2) is 32.1 Å². The van der Waals surface area contributed by atoms with Gasteiger partial charge >= 0.3 is 0 Å². The lowest BCUT2D eigenvalue weighted by molar-refractivity contribution is 0.281. The van der Waals surface area contributed by atoms with E-state index < -0.39 is 0 Å². The first-order chi connectivity index (χ1) is 15.7. The van der Waals surface area contributed by atoms with E-state index in [9.17, 15) is 10.2 Å². The number of hydrogen-bond donors (Lipinski definition) is 3. The number of benzene rings is 3.